The molecule has 0 radical (unpaired) electrons. The van der Waals surface area contributed by atoms with Crippen molar-refractivity contribution in [1.82, 2.24) is 9.88 Å². The van der Waals surface area contributed by atoms with Crippen LogP contribution in [-0.4, -0.2) is 42.3 Å². The van der Waals surface area contributed by atoms with Crippen LogP contribution in [0.4, 0.5) is 4.79 Å². The van der Waals surface area contributed by atoms with E-state index in [9.17, 15) is 4.79 Å². The Labute approximate surface area is 154 Å². The van der Waals surface area contributed by atoms with Crippen molar-refractivity contribution in [3.63, 3.8) is 0 Å². The lowest BCUT2D eigenvalue weighted by Gasteiger charge is -2.30. The molecular formula is C21H24N2O3. The first-order chi connectivity index (χ1) is 12.8. The molecule has 26 heavy (non-hydrogen) atoms. The summed E-state index contributed by atoms with van der Waals surface area (Å²) in [5, 5.41) is 0. The van der Waals surface area contributed by atoms with Gasteiger partial charge in [0.1, 0.15) is 0 Å². The number of carbonyl (C=O) groups excluding carboxylic acids is 1. The van der Waals surface area contributed by atoms with Crippen LogP contribution < -0.4 is 4.74 Å². The summed E-state index contributed by atoms with van der Waals surface area (Å²) in [7, 11) is 0. The molecule has 2 aromatic rings. The summed E-state index contributed by atoms with van der Waals surface area (Å²) in [6, 6.07) is 13.7. The largest absolute Gasteiger partial charge is 0.415 e. The second-order valence-corrected chi connectivity index (χ2v) is 6.34. The number of rotatable bonds is 6. The van der Waals surface area contributed by atoms with Gasteiger partial charge in [0.05, 0.1) is 12.8 Å². The molecule has 0 spiro atoms. The molecule has 5 heteroatoms. The van der Waals surface area contributed by atoms with Crippen molar-refractivity contribution >= 4 is 12.2 Å². The second-order valence-electron chi connectivity index (χ2n) is 6.34. The number of hydrogen-bond acceptors (Lipinski definition) is 4. The molecule has 136 valence electrons. The maximum Gasteiger partial charge on any atom is 0.415 e. The molecule has 1 amide bonds. The molecule has 5 nitrogen and oxygen atoms in total. The Morgan fingerprint density at radius 2 is 1.96 bits per heavy atom. The number of pyridine rings is 1. The van der Waals surface area contributed by atoms with Crippen LogP contribution in [0.2, 0.25) is 0 Å². The lowest BCUT2D eigenvalue weighted by Crippen LogP contribution is -2.41. The van der Waals surface area contributed by atoms with Crippen molar-refractivity contribution in [3.8, 4) is 5.75 Å². The highest BCUT2D eigenvalue weighted by Crippen LogP contribution is 2.19. The maximum atomic E-state index is 12.1. The predicted octanol–water partition coefficient (Wildman–Crippen LogP) is 4.02. The van der Waals surface area contributed by atoms with Crippen molar-refractivity contribution in [2.45, 2.75) is 12.8 Å². The van der Waals surface area contributed by atoms with Gasteiger partial charge in [-0.1, -0.05) is 42.5 Å². The Morgan fingerprint density at radius 1 is 1.15 bits per heavy atom. The molecule has 0 unspecified atom stereocenters. The first kappa shape index (κ1) is 18.1. The average Bonchev–Trinajstić information content (AvgIpc) is 2.70. The van der Waals surface area contributed by atoms with E-state index in [1.165, 1.54) is 5.56 Å². The number of carbonyl (C=O) groups is 1. The van der Waals surface area contributed by atoms with Crippen molar-refractivity contribution in [1.29, 1.82) is 0 Å². The van der Waals surface area contributed by atoms with Gasteiger partial charge in [0, 0.05) is 25.9 Å². The highest BCUT2D eigenvalue weighted by Gasteiger charge is 2.24. The van der Waals surface area contributed by atoms with Crippen LogP contribution in [-0.2, 0) is 4.74 Å². The number of piperidine rings is 1. The standard InChI is InChI=1S/C21H24N2O3/c24-21(26-20-9-4-12-22-16-20)23-13-10-19(11-14-23)17-25-15-5-8-18-6-2-1-3-7-18/h1-9,12,16,19H,10-11,13-15,17H2/b8-5+. The highest BCUT2D eigenvalue weighted by molar-refractivity contribution is 5.70. The van der Waals surface area contributed by atoms with E-state index >= 15 is 0 Å². The van der Waals surface area contributed by atoms with E-state index < -0.39 is 0 Å². The monoisotopic (exact) mass is 352 g/mol. The van der Waals surface area contributed by atoms with Gasteiger partial charge in [-0.25, -0.2) is 4.79 Å². The molecule has 0 atom stereocenters. The molecule has 1 aromatic heterocycles. The molecule has 0 bridgehead atoms. The van der Waals surface area contributed by atoms with Crippen LogP contribution in [0.1, 0.15) is 18.4 Å². The summed E-state index contributed by atoms with van der Waals surface area (Å²) < 4.78 is 11.1. The third kappa shape index (κ3) is 5.70. The zero-order chi connectivity index (χ0) is 18.0. The molecule has 1 aliphatic heterocycles. The molecule has 0 aliphatic carbocycles. The van der Waals surface area contributed by atoms with Gasteiger partial charge in [-0.2, -0.15) is 0 Å². The van der Waals surface area contributed by atoms with Gasteiger partial charge >= 0.3 is 6.09 Å². The Hall–Kier alpha value is -2.66. The topological polar surface area (TPSA) is 51.7 Å². The van der Waals surface area contributed by atoms with Gasteiger partial charge in [0.25, 0.3) is 0 Å². The lowest BCUT2D eigenvalue weighted by molar-refractivity contribution is 0.0799. The van der Waals surface area contributed by atoms with E-state index in [4.69, 9.17) is 9.47 Å². The number of hydrogen-bond donors (Lipinski definition) is 0. The third-order valence-corrected chi connectivity index (χ3v) is 4.39. The number of benzene rings is 1. The Kier molecular flexibility index (Phi) is 6.79. The quantitative estimate of drug-likeness (QED) is 0.737. The zero-order valence-electron chi connectivity index (χ0n) is 14.8. The van der Waals surface area contributed by atoms with Crippen molar-refractivity contribution in [3.05, 3.63) is 66.5 Å². The van der Waals surface area contributed by atoms with Crippen molar-refractivity contribution in [2.24, 2.45) is 5.92 Å². The maximum absolute atomic E-state index is 12.1. The summed E-state index contributed by atoms with van der Waals surface area (Å²) in [4.78, 5) is 17.8. The van der Waals surface area contributed by atoms with Gasteiger partial charge in [-0.3, -0.25) is 4.98 Å². The van der Waals surface area contributed by atoms with E-state index in [0.29, 0.717) is 31.4 Å². The molecule has 1 saturated heterocycles. The van der Waals surface area contributed by atoms with Crippen LogP contribution in [0.3, 0.4) is 0 Å². The van der Waals surface area contributed by atoms with E-state index in [2.05, 4.69) is 23.2 Å². The highest BCUT2D eigenvalue weighted by atomic mass is 16.6. The lowest BCUT2D eigenvalue weighted by atomic mass is 9.98. The Morgan fingerprint density at radius 3 is 2.69 bits per heavy atom. The number of aromatic nitrogens is 1. The van der Waals surface area contributed by atoms with Gasteiger partial charge < -0.3 is 14.4 Å². The van der Waals surface area contributed by atoms with Crippen LogP contribution >= 0.6 is 0 Å². The minimum absolute atomic E-state index is 0.303. The smallest absolute Gasteiger partial charge is 0.409 e. The van der Waals surface area contributed by atoms with Crippen LogP contribution in [0.25, 0.3) is 6.08 Å². The summed E-state index contributed by atoms with van der Waals surface area (Å²) >= 11 is 0. The second kappa shape index (κ2) is 9.73. The minimum Gasteiger partial charge on any atom is -0.409 e. The molecule has 1 aromatic carbocycles. The molecule has 0 N–H and O–H groups in total. The van der Waals surface area contributed by atoms with Crippen LogP contribution in [0.5, 0.6) is 5.75 Å². The summed E-state index contributed by atoms with van der Waals surface area (Å²) in [6.07, 6.45) is 8.87. The summed E-state index contributed by atoms with van der Waals surface area (Å²) in [5.74, 6) is 0.968. The zero-order valence-corrected chi connectivity index (χ0v) is 14.8. The number of amides is 1. The van der Waals surface area contributed by atoms with E-state index in [1.54, 1.807) is 29.4 Å². The first-order valence-electron chi connectivity index (χ1n) is 8.97. The van der Waals surface area contributed by atoms with Crippen LogP contribution in [0, 0.1) is 5.92 Å². The van der Waals surface area contributed by atoms with Crippen LogP contribution in [0.15, 0.2) is 60.9 Å². The molecule has 3 rings (SSSR count). The van der Waals surface area contributed by atoms with E-state index in [1.807, 2.05) is 24.3 Å². The SMILES string of the molecule is O=C(Oc1cccnc1)N1CCC(COC/C=C/c2ccccc2)CC1. The molecular weight excluding hydrogens is 328 g/mol. The molecule has 0 saturated carbocycles. The van der Waals surface area contributed by atoms with Gasteiger partial charge in [-0.05, 0) is 36.5 Å². The van der Waals surface area contributed by atoms with Gasteiger partial charge in [0.15, 0.2) is 5.75 Å². The number of nitrogens with zero attached hydrogens (tertiary/aromatic N) is 2. The predicted molar refractivity (Wildman–Crippen MR) is 101 cm³/mol. The fourth-order valence-electron chi connectivity index (χ4n) is 2.91. The minimum atomic E-state index is -0.303. The third-order valence-electron chi connectivity index (χ3n) is 4.39. The van der Waals surface area contributed by atoms with E-state index in [0.717, 1.165) is 19.4 Å². The van der Waals surface area contributed by atoms with Crippen molar-refractivity contribution in [2.75, 3.05) is 26.3 Å². The average molecular weight is 352 g/mol. The molecule has 1 aliphatic rings. The summed E-state index contributed by atoms with van der Waals surface area (Å²) in [6.45, 7) is 2.74. The normalized spacial score (nSPS) is 15.3. The summed E-state index contributed by atoms with van der Waals surface area (Å²) in [5.41, 5.74) is 1.18. The fraction of sp³-hybridized carbons (Fsp3) is 0.333. The molecule has 2 heterocycles. The number of ether oxygens (including phenoxy) is 2. The fourth-order valence-corrected chi connectivity index (χ4v) is 2.91. The van der Waals surface area contributed by atoms with E-state index in [-0.39, 0.29) is 6.09 Å². The number of likely N-dealkylation sites (tertiary alicyclic amines) is 1. The van der Waals surface area contributed by atoms with Gasteiger partial charge in [-0.15, -0.1) is 0 Å². The van der Waals surface area contributed by atoms with Gasteiger partial charge in [0.2, 0.25) is 0 Å². The Bertz CT molecular complexity index is 696. The van der Waals surface area contributed by atoms with Crippen molar-refractivity contribution < 1.29 is 14.3 Å². The first-order valence-corrected chi connectivity index (χ1v) is 8.97. The Balaban J connectivity index is 1.32. The molecule has 1 fully saturated rings.